The number of carbonyl (C=O) groups excluding carboxylic acids is 1. The molecular formula is C17H23NO4. The Bertz CT molecular complexity index is 607. The number of ether oxygens (including phenoxy) is 2. The maximum Gasteiger partial charge on any atom is 0.246 e. The number of aryl methyl sites for hydroxylation is 1. The Morgan fingerprint density at radius 2 is 2.23 bits per heavy atom. The van der Waals surface area contributed by atoms with E-state index in [0.717, 1.165) is 48.1 Å². The van der Waals surface area contributed by atoms with Crippen LogP contribution in [0.25, 0.3) is 0 Å². The summed E-state index contributed by atoms with van der Waals surface area (Å²) in [6, 6.07) is 1.74. The minimum atomic E-state index is -0.159. The van der Waals surface area contributed by atoms with Gasteiger partial charge in [0.25, 0.3) is 0 Å². The van der Waals surface area contributed by atoms with Crippen molar-refractivity contribution in [3.63, 3.8) is 0 Å². The van der Waals surface area contributed by atoms with Gasteiger partial charge in [-0.1, -0.05) is 0 Å². The Balaban J connectivity index is 1.99. The van der Waals surface area contributed by atoms with Crippen LogP contribution >= 0.6 is 0 Å². The van der Waals surface area contributed by atoms with Gasteiger partial charge in [-0.3, -0.25) is 4.79 Å². The van der Waals surface area contributed by atoms with Gasteiger partial charge in [0.15, 0.2) is 0 Å². The molecule has 22 heavy (non-hydrogen) atoms. The first-order valence-electron chi connectivity index (χ1n) is 7.76. The van der Waals surface area contributed by atoms with Crippen LogP contribution < -0.4 is 10.1 Å². The lowest BCUT2D eigenvalue weighted by Crippen LogP contribution is -2.50. The van der Waals surface area contributed by atoms with Crippen molar-refractivity contribution in [2.24, 2.45) is 0 Å². The molecule has 0 radical (unpaired) electrons. The number of phenolic OH excluding ortho intramolecular Hbond substituents is 1. The summed E-state index contributed by atoms with van der Waals surface area (Å²) in [5.41, 5.74) is 2.32. The van der Waals surface area contributed by atoms with E-state index in [-0.39, 0.29) is 29.9 Å². The highest BCUT2D eigenvalue weighted by Crippen LogP contribution is 2.51. The summed E-state index contributed by atoms with van der Waals surface area (Å²) in [4.78, 5) is 12.0. The highest BCUT2D eigenvalue weighted by molar-refractivity contribution is 5.78. The van der Waals surface area contributed by atoms with Crippen LogP contribution in [0.15, 0.2) is 6.07 Å². The van der Waals surface area contributed by atoms with Crippen LogP contribution in [0, 0.1) is 13.8 Å². The van der Waals surface area contributed by atoms with E-state index in [2.05, 4.69) is 5.32 Å². The average molecular weight is 305 g/mol. The molecule has 1 spiro atoms. The third kappa shape index (κ3) is 2.43. The first-order valence-corrected chi connectivity index (χ1v) is 7.76. The van der Waals surface area contributed by atoms with Gasteiger partial charge >= 0.3 is 0 Å². The number of aromatic hydroxyl groups is 1. The molecule has 1 saturated carbocycles. The van der Waals surface area contributed by atoms with Gasteiger partial charge in [0.05, 0.1) is 6.04 Å². The van der Waals surface area contributed by atoms with Crippen LogP contribution in [0.2, 0.25) is 0 Å². The standard InChI is InChI=1S/C17H23NO4/c1-10-7-13-15(11(2)16(10)20)12(18-14(19)9-21-3)8-17(22-13)5-4-6-17/h7,12,20H,4-6,8-9H2,1-3H3,(H,18,19). The summed E-state index contributed by atoms with van der Waals surface area (Å²) in [5, 5.41) is 13.3. The predicted octanol–water partition coefficient (Wildman–Crippen LogP) is 2.52. The molecule has 2 N–H and O–H groups in total. The van der Waals surface area contributed by atoms with E-state index in [4.69, 9.17) is 9.47 Å². The van der Waals surface area contributed by atoms with Crippen LogP contribution in [0.4, 0.5) is 0 Å². The first kappa shape index (κ1) is 15.2. The minimum absolute atomic E-state index is 0.0383. The van der Waals surface area contributed by atoms with Crippen molar-refractivity contribution in [3.05, 3.63) is 22.8 Å². The molecule has 1 aliphatic heterocycles. The smallest absolute Gasteiger partial charge is 0.246 e. The molecule has 1 fully saturated rings. The molecule has 0 saturated heterocycles. The second kappa shape index (κ2) is 5.47. The number of fused-ring (bicyclic) bond motifs is 1. The minimum Gasteiger partial charge on any atom is -0.507 e. The summed E-state index contributed by atoms with van der Waals surface area (Å²) in [5.74, 6) is 0.925. The molecule has 5 heteroatoms. The van der Waals surface area contributed by atoms with E-state index in [1.807, 2.05) is 19.9 Å². The normalized spacial score (nSPS) is 21.7. The van der Waals surface area contributed by atoms with Crippen molar-refractivity contribution in [1.29, 1.82) is 0 Å². The van der Waals surface area contributed by atoms with Gasteiger partial charge in [0.1, 0.15) is 23.7 Å². The van der Waals surface area contributed by atoms with Crippen molar-refractivity contribution in [2.75, 3.05) is 13.7 Å². The summed E-state index contributed by atoms with van der Waals surface area (Å²) >= 11 is 0. The predicted molar refractivity (Wildman–Crippen MR) is 82.2 cm³/mol. The number of benzene rings is 1. The second-order valence-electron chi connectivity index (χ2n) is 6.47. The highest BCUT2D eigenvalue weighted by atomic mass is 16.5. The number of rotatable bonds is 3. The Hall–Kier alpha value is -1.75. The Kier molecular flexibility index (Phi) is 3.77. The van der Waals surface area contributed by atoms with E-state index >= 15 is 0 Å². The third-order valence-electron chi connectivity index (χ3n) is 4.87. The van der Waals surface area contributed by atoms with Crippen LogP contribution in [0.3, 0.4) is 0 Å². The van der Waals surface area contributed by atoms with Crippen molar-refractivity contribution in [1.82, 2.24) is 5.32 Å². The maximum atomic E-state index is 12.0. The van der Waals surface area contributed by atoms with Gasteiger partial charge in [-0.25, -0.2) is 0 Å². The van der Waals surface area contributed by atoms with Gasteiger partial charge in [0.2, 0.25) is 5.91 Å². The average Bonchev–Trinajstić information content (AvgIpc) is 2.42. The maximum absolute atomic E-state index is 12.0. The Morgan fingerprint density at radius 1 is 1.50 bits per heavy atom. The molecular weight excluding hydrogens is 282 g/mol. The van der Waals surface area contributed by atoms with E-state index in [1.54, 1.807) is 0 Å². The number of hydrogen-bond acceptors (Lipinski definition) is 4. The number of hydrogen-bond donors (Lipinski definition) is 2. The summed E-state index contributed by atoms with van der Waals surface area (Å²) in [6.45, 7) is 3.78. The largest absolute Gasteiger partial charge is 0.507 e. The molecule has 0 bridgehead atoms. The highest BCUT2D eigenvalue weighted by Gasteiger charge is 2.46. The zero-order chi connectivity index (χ0) is 15.9. The molecule has 1 aromatic carbocycles. The van der Waals surface area contributed by atoms with Gasteiger partial charge in [-0.15, -0.1) is 0 Å². The molecule has 1 unspecified atom stereocenters. The lowest BCUT2D eigenvalue weighted by Gasteiger charge is -2.48. The van der Waals surface area contributed by atoms with Gasteiger partial charge < -0.3 is 19.9 Å². The van der Waals surface area contributed by atoms with Gasteiger partial charge in [-0.2, -0.15) is 0 Å². The molecule has 1 atom stereocenters. The zero-order valence-electron chi connectivity index (χ0n) is 13.4. The van der Waals surface area contributed by atoms with Crippen molar-refractivity contribution in [3.8, 4) is 11.5 Å². The van der Waals surface area contributed by atoms with Crippen LogP contribution in [0.5, 0.6) is 11.5 Å². The van der Waals surface area contributed by atoms with Crippen molar-refractivity contribution in [2.45, 2.75) is 51.2 Å². The monoisotopic (exact) mass is 305 g/mol. The summed E-state index contributed by atoms with van der Waals surface area (Å²) in [6.07, 6.45) is 3.94. The van der Waals surface area contributed by atoms with E-state index < -0.39 is 0 Å². The lowest BCUT2D eigenvalue weighted by atomic mass is 9.72. The Labute approximate surface area is 130 Å². The third-order valence-corrected chi connectivity index (χ3v) is 4.87. The number of amides is 1. The van der Waals surface area contributed by atoms with Gasteiger partial charge in [0, 0.05) is 19.1 Å². The summed E-state index contributed by atoms with van der Waals surface area (Å²) in [7, 11) is 1.51. The molecule has 1 amide bonds. The van der Waals surface area contributed by atoms with Crippen LogP contribution in [-0.4, -0.2) is 30.3 Å². The van der Waals surface area contributed by atoms with Crippen molar-refractivity contribution >= 4 is 5.91 Å². The molecule has 3 rings (SSSR count). The van der Waals surface area contributed by atoms with Crippen molar-refractivity contribution < 1.29 is 19.4 Å². The first-order chi connectivity index (χ1) is 10.5. The second-order valence-corrected chi connectivity index (χ2v) is 6.47. The van der Waals surface area contributed by atoms with Gasteiger partial charge in [-0.05, 0) is 50.3 Å². The van der Waals surface area contributed by atoms with E-state index in [9.17, 15) is 9.90 Å². The van der Waals surface area contributed by atoms with E-state index in [0.29, 0.717) is 0 Å². The van der Waals surface area contributed by atoms with Crippen LogP contribution in [-0.2, 0) is 9.53 Å². The fraction of sp³-hybridized carbons (Fsp3) is 0.588. The molecule has 2 aliphatic rings. The number of nitrogens with one attached hydrogen (secondary N) is 1. The lowest BCUT2D eigenvalue weighted by molar-refractivity contribution is -0.126. The topological polar surface area (TPSA) is 67.8 Å². The molecule has 5 nitrogen and oxygen atoms in total. The molecule has 120 valence electrons. The SMILES string of the molecule is COCC(=O)NC1CC2(CCC2)Oc2cc(C)c(O)c(C)c21. The molecule has 1 aliphatic carbocycles. The molecule has 1 aromatic rings. The molecule has 0 aromatic heterocycles. The fourth-order valence-corrected chi connectivity index (χ4v) is 3.58. The Morgan fingerprint density at radius 3 is 2.82 bits per heavy atom. The zero-order valence-corrected chi connectivity index (χ0v) is 13.4. The molecule has 1 heterocycles. The van der Waals surface area contributed by atoms with Crippen LogP contribution in [0.1, 0.15) is 48.4 Å². The summed E-state index contributed by atoms with van der Waals surface area (Å²) < 4.78 is 11.2. The number of carbonyl (C=O) groups is 1. The number of methoxy groups -OCH3 is 1. The quantitative estimate of drug-likeness (QED) is 0.900. The van der Waals surface area contributed by atoms with E-state index in [1.165, 1.54) is 7.11 Å². The number of phenols is 1. The fourth-order valence-electron chi connectivity index (χ4n) is 3.58.